The number of amides is 2. The van der Waals surface area contributed by atoms with Gasteiger partial charge in [0.2, 0.25) is 11.8 Å². The minimum atomic E-state index is -0.962. The Morgan fingerprint density at radius 1 is 0.778 bits per heavy atom. The Morgan fingerprint density at radius 3 is 1.97 bits per heavy atom. The van der Waals surface area contributed by atoms with Crippen LogP contribution in [0.1, 0.15) is 37.0 Å². The van der Waals surface area contributed by atoms with E-state index in [-0.39, 0.29) is 25.2 Å². The molecule has 0 spiro atoms. The standard InChI is InChI=1S/C29H30N2O5/c1-3-36-29(35)24(19-27(33)30-20(2)28(34)31-25-12-8-5-9-13-25)18-26(32)23-16-14-22(15-17-23)21-10-6-4-7-11-21/h4-17,20,24H,3,18-19H2,1-2H3,(H,30,33)(H,31,34). The molecule has 0 aliphatic rings. The number of anilines is 1. The summed E-state index contributed by atoms with van der Waals surface area (Å²) in [7, 11) is 0. The number of esters is 1. The van der Waals surface area contributed by atoms with E-state index < -0.39 is 29.7 Å². The molecule has 0 heterocycles. The van der Waals surface area contributed by atoms with Crippen LogP contribution in [0.3, 0.4) is 0 Å². The lowest BCUT2D eigenvalue weighted by Crippen LogP contribution is -2.42. The number of ether oxygens (including phenoxy) is 1. The first-order chi connectivity index (χ1) is 17.4. The topological polar surface area (TPSA) is 102 Å². The van der Waals surface area contributed by atoms with E-state index >= 15 is 0 Å². The second-order valence-electron chi connectivity index (χ2n) is 8.37. The fourth-order valence-electron chi connectivity index (χ4n) is 3.68. The van der Waals surface area contributed by atoms with Crippen LogP contribution in [0.15, 0.2) is 84.9 Å². The summed E-state index contributed by atoms with van der Waals surface area (Å²) in [4.78, 5) is 50.5. The monoisotopic (exact) mass is 486 g/mol. The van der Waals surface area contributed by atoms with Crippen molar-refractivity contribution in [3.05, 3.63) is 90.5 Å². The maximum absolute atomic E-state index is 12.9. The lowest BCUT2D eigenvalue weighted by atomic mass is 9.94. The van der Waals surface area contributed by atoms with Crippen molar-refractivity contribution in [2.45, 2.75) is 32.7 Å². The molecule has 0 saturated heterocycles. The van der Waals surface area contributed by atoms with E-state index in [4.69, 9.17) is 4.74 Å². The van der Waals surface area contributed by atoms with Gasteiger partial charge in [0.25, 0.3) is 0 Å². The zero-order chi connectivity index (χ0) is 25.9. The summed E-state index contributed by atoms with van der Waals surface area (Å²) in [6.07, 6.45) is -0.447. The summed E-state index contributed by atoms with van der Waals surface area (Å²) >= 11 is 0. The molecule has 0 aliphatic heterocycles. The predicted molar refractivity (Wildman–Crippen MR) is 138 cm³/mol. The lowest BCUT2D eigenvalue weighted by Gasteiger charge is -2.18. The molecule has 7 heteroatoms. The third-order valence-corrected chi connectivity index (χ3v) is 5.61. The molecule has 0 aromatic heterocycles. The molecule has 2 unspecified atom stereocenters. The number of benzene rings is 3. The summed E-state index contributed by atoms with van der Waals surface area (Å²) in [6.45, 7) is 3.34. The SMILES string of the molecule is CCOC(=O)C(CC(=O)NC(C)C(=O)Nc1ccccc1)CC(=O)c1ccc(-c2ccccc2)cc1. The molecule has 3 rings (SSSR count). The van der Waals surface area contributed by atoms with Crippen LogP contribution < -0.4 is 10.6 Å². The van der Waals surface area contributed by atoms with Crippen LogP contribution in [0.4, 0.5) is 5.69 Å². The number of carbonyl (C=O) groups excluding carboxylic acids is 4. The smallest absolute Gasteiger partial charge is 0.309 e. The third-order valence-electron chi connectivity index (χ3n) is 5.61. The number of ketones is 1. The molecule has 36 heavy (non-hydrogen) atoms. The first-order valence-corrected chi connectivity index (χ1v) is 11.9. The van der Waals surface area contributed by atoms with E-state index in [1.54, 1.807) is 50.2 Å². The van der Waals surface area contributed by atoms with E-state index in [0.717, 1.165) is 11.1 Å². The molecule has 0 aliphatic carbocycles. The Kier molecular flexibility index (Phi) is 9.51. The van der Waals surface area contributed by atoms with Crippen LogP contribution in [0.25, 0.3) is 11.1 Å². The average molecular weight is 487 g/mol. The fourth-order valence-corrected chi connectivity index (χ4v) is 3.68. The number of carbonyl (C=O) groups is 4. The third kappa shape index (κ3) is 7.63. The summed E-state index contributed by atoms with van der Waals surface area (Å²) in [5.41, 5.74) is 3.05. The second-order valence-corrected chi connectivity index (χ2v) is 8.37. The van der Waals surface area contributed by atoms with Crippen molar-refractivity contribution in [1.82, 2.24) is 5.32 Å². The number of Topliss-reactive ketones (excluding diaryl/α,β-unsaturated/α-hetero) is 1. The van der Waals surface area contributed by atoms with Gasteiger partial charge in [0.1, 0.15) is 6.04 Å². The van der Waals surface area contributed by atoms with Gasteiger partial charge in [-0.2, -0.15) is 0 Å². The maximum Gasteiger partial charge on any atom is 0.309 e. The molecule has 0 bridgehead atoms. The summed E-state index contributed by atoms with van der Waals surface area (Å²) in [6, 6.07) is 24.9. The van der Waals surface area contributed by atoms with Gasteiger partial charge in [-0.25, -0.2) is 0 Å². The number of nitrogens with one attached hydrogen (secondary N) is 2. The second kappa shape index (κ2) is 13.0. The molecule has 0 saturated carbocycles. The van der Waals surface area contributed by atoms with E-state index in [9.17, 15) is 19.2 Å². The van der Waals surface area contributed by atoms with Gasteiger partial charge in [0.15, 0.2) is 5.78 Å². The highest BCUT2D eigenvalue weighted by Gasteiger charge is 2.28. The largest absolute Gasteiger partial charge is 0.466 e. The van der Waals surface area contributed by atoms with Gasteiger partial charge in [0, 0.05) is 24.1 Å². The maximum atomic E-state index is 12.9. The van der Waals surface area contributed by atoms with E-state index in [1.165, 1.54) is 0 Å². The molecule has 2 amide bonds. The highest BCUT2D eigenvalue weighted by atomic mass is 16.5. The van der Waals surface area contributed by atoms with Crippen molar-refractivity contribution in [1.29, 1.82) is 0 Å². The zero-order valence-corrected chi connectivity index (χ0v) is 20.4. The van der Waals surface area contributed by atoms with Crippen LogP contribution in [0, 0.1) is 5.92 Å². The van der Waals surface area contributed by atoms with Gasteiger partial charge < -0.3 is 15.4 Å². The van der Waals surface area contributed by atoms with Gasteiger partial charge in [-0.15, -0.1) is 0 Å². The number of hydrogen-bond donors (Lipinski definition) is 2. The lowest BCUT2D eigenvalue weighted by molar-refractivity contribution is -0.149. The van der Waals surface area contributed by atoms with Crippen molar-refractivity contribution < 1.29 is 23.9 Å². The van der Waals surface area contributed by atoms with Gasteiger partial charge in [0.05, 0.1) is 12.5 Å². The van der Waals surface area contributed by atoms with Crippen LogP contribution in [0.5, 0.6) is 0 Å². The van der Waals surface area contributed by atoms with Crippen molar-refractivity contribution in [3.63, 3.8) is 0 Å². The number of rotatable bonds is 11. The Labute approximate surface area is 210 Å². The van der Waals surface area contributed by atoms with Crippen molar-refractivity contribution in [2.75, 3.05) is 11.9 Å². The Morgan fingerprint density at radius 2 is 1.36 bits per heavy atom. The minimum Gasteiger partial charge on any atom is -0.466 e. The van der Waals surface area contributed by atoms with Crippen LogP contribution >= 0.6 is 0 Å². The van der Waals surface area contributed by atoms with E-state index in [1.807, 2.05) is 48.5 Å². The fraction of sp³-hybridized carbons (Fsp3) is 0.241. The Hall–Kier alpha value is -4.26. The van der Waals surface area contributed by atoms with Crippen molar-refractivity contribution >= 4 is 29.3 Å². The van der Waals surface area contributed by atoms with E-state index in [0.29, 0.717) is 11.3 Å². The van der Waals surface area contributed by atoms with Crippen LogP contribution in [0.2, 0.25) is 0 Å². The molecule has 0 radical (unpaired) electrons. The van der Waals surface area contributed by atoms with Crippen LogP contribution in [-0.4, -0.2) is 36.2 Å². The van der Waals surface area contributed by atoms with E-state index in [2.05, 4.69) is 10.6 Å². The van der Waals surface area contributed by atoms with Crippen LogP contribution in [-0.2, 0) is 19.1 Å². The number of para-hydroxylation sites is 1. The first-order valence-electron chi connectivity index (χ1n) is 11.9. The normalized spacial score (nSPS) is 12.2. The Balaban J connectivity index is 1.61. The van der Waals surface area contributed by atoms with Crippen molar-refractivity contribution in [2.24, 2.45) is 5.92 Å². The average Bonchev–Trinajstić information content (AvgIpc) is 2.89. The molecule has 2 atom stereocenters. The highest BCUT2D eigenvalue weighted by Crippen LogP contribution is 2.21. The van der Waals surface area contributed by atoms with Gasteiger partial charge in [-0.1, -0.05) is 72.8 Å². The quantitative estimate of drug-likeness (QED) is 0.304. The molecular weight excluding hydrogens is 456 g/mol. The minimum absolute atomic E-state index is 0.132. The predicted octanol–water partition coefficient (Wildman–Crippen LogP) is 4.64. The molecule has 3 aromatic rings. The van der Waals surface area contributed by atoms with Gasteiger partial charge in [-0.05, 0) is 37.1 Å². The summed E-state index contributed by atoms with van der Waals surface area (Å²) < 4.78 is 5.10. The molecule has 186 valence electrons. The zero-order valence-electron chi connectivity index (χ0n) is 20.4. The molecule has 2 N–H and O–H groups in total. The Bertz CT molecular complexity index is 1180. The summed E-state index contributed by atoms with van der Waals surface area (Å²) in [5.74, 6) is -2.76. The first kappa shape index (κ1) is 26.3. The van der Waals surface area contributed by atoms with Gasteiger partial charge >= 0.3 is 5.97 Å². The highest BCUT2D eigenvalue weighted by molar-refractivity contribution is 6.00. The van der Waals surface area contributed by atoms with Gasteiger partial charge in [-0.3, -0.25) is 19.2 Å². The molecule has 7 nitrogen and oxygen atoms in total. The molecule has 3 aromatic carbocycles. The summed E-state index contributed by atoms with van der Waals surface area (Å²) in [5, 5.41) is 5.31. The number of hydrogen-bond acceptors (Lipinski definition) is 5. The van der Waals surface area contributed by atoms with Crippen molar-refractivity contribution in [3.8, 4) is 11.1 Å². The molecule has 0 fully saturated rings. The molecular formula is C29H30N2O5.